The van der Waals surface area contributed by atoms with Crippen LogP contribution >= 0.6 is 0 Å². The summed E-state index contributed by atoms with van der Waals surface area (Å²) in [5.74, 6) is 1.40. The van der Waals surface area contributed by atoms with E-state index < -0.39 is 0 Å². The van der Waals surface area contributed by atoms with Crippen LogP contribution in [0.3, 0.4) is 0 Å². The monoisotopic (exact) mass is 294 g/mol. The van der Waals surface area contributed by atoms with Crippen LogP contribution in [0.15, 0.2) is 42.5 Å². The standard InChI is InChI=1S/C17H18N4O/c1-11-5-4-7-13-15(11)17(19-10-9-18)21-16(20-13)12-6-2-3-8-14(12)22/h2-8,22H,9-10,18H2,1H3,(H,19,20,21). The predicted molar refractivity (Wildman–Crippen MR) is 88.9 cm³/mol. The Balaban J connectivity index is 2.23. The van der Waals surface area contributed by atoms with E-state index in [1.54, 1.807) is 18.2 Å². The second-order valence-corrected chi connectivity index (χ2v) is 5.10. The first-order valence-electron chi connectivity index (χ1n) is 7.20. The third-order valence-corrected chi connectivity index (χ3v) is 3.51. The second-order valence-electron chi connectivity index (χ2n) is 5.10. The molecule has 22 heavy (non-hydrogen) atoms. The summed E-state index contributed by atoms with van der Waals surface area (Å²) >= 11 is 0. The fraction of sp³-hybridized carbons (Fsp3) is 0.176. The molecule has 0 bridgehead atoms. The van der Waals surface area contributed by atoms with Gasteiger partial charge in [-0.25, -0.2) is 9.97 Å². The largest absolute Gasteiger partial charge is 0.507 e. The van der Waals surface area contributed by atoms with Crippen LogP contribution in [0.2, 0.25) is 0 Å². The van der Waals surface area contributed by atoms with Crippen molar-refractivity contribution >= 4 is 16.7 Å². The Labute approximate surface area is 128 Å². The molecule has 0 radical (unpaired) electrons. The first-order valence-corrected chi connectivity index (χ1v) is 7.20. The highest BCUT2D eigenvalue weighted by atomic mass is 16.3. The van der Waals surface area contributed by atoms with Crippen molar-refractivity contribution in [1.82, 2.24) is 9.97 Å². The molecule has 0 unspecified atom stereocenters. The molecule has 0 amide bonds. The summed E-state index contributed by atoms with van der Waals surface area (Å²) in [6.45, 7) is 3.17. The number of phenolic OH excluding ortho intramolecular Hbond substituents is 1. The maximum Gasteiger partial charge on any atom is 0.165 e. The Morgan fingerprint density at radius 3 is 2.68 bits per heavy atom. The highest BCUT2D eigenvalue weighted by molar-refractivity contribution is 5.93. The Morgan fingerprint density at radius 1 is 1.09 bits per heavy atom. The van der Waals surface area contributed by atoms with Crippen molar-refractivity contribution in [3.8, 4) is 17.1 Å². The van der Waals surface area contributed by atoms with Gasteiger partial charge < -0.3 is 16.2 Å². The van der Waals surface area contributed by atoms with Crippen molar-refractivity contribution in [3.63, 3.8) is 0 Å². The van der Waals surface area contributed by atoms with Gasteiger partial charge in [-0.1, -0.05) is 24.3 Å². The molecule has 0 aliphatic carbocycles. The van der Waals surface area contributed by atoms with Crippen LogP contribution in [0.4, 0.5) is 5.82 Å². The number of nitrogens with two attached hydrogens (primary N) is 1. The smallest absolute Gasteiger partial charge is 0.165 e. The molecule has 0 saturated heterocycles. The van der Waals surface area contributed by atoms with Gasteiger partial charge in [-0.15, -0.1) is 0 Å². The van der Waals surface area contributed by atoms with E-state index in [4.69, 9.17) is 5.73 Å². The lowest BCUT2D eigenvalue weighted by atomic mass is 10.1. The number of phenols is 1. The molecule has 3 aromatic rings. The fourth-order valence-corrected chi connectivity index (χ4v) is 2.46. The average Bonchev–Trinajstić information content (AvgIpc) is 2.53. The summed E-state index contributed by atoms with van der Waals surface area (Å²) in [5.41, 5.74) is 8.14. The lowest BCUT2D eigenvalue weighted by molar-refractivity contribution is 0.477. The molecular weight excluding hydrogens is 276 g/mol. The summed E-state index contributed by atoms with van der Waals surface area (Å²) in [6.07, 6.45) is 0. The van der Waals surface area contributed by atoms with Gasteiger partial charge in [-0.05, 0) is 30.7 Å². The zero-order valence-electron chi connectivity index (χ0n) is 12.4. The van der Waals surface area contributed by atoms with E-state index in [0.717, 1.165) is 22.3 Å². The van der Waals surface area contributed by atoms with Gasteiger partial charge in [-0.3, -0.25) is 0 Å². The molecule has 2 aromatic carbocycles. The Bertz CT molecular complexity index is 817. The summed E-state index contributed by atoms with van der Waals surface area (Å²) in [6, 6.07) is 13.0. The Morgan fingerprint density at radius 2 is 1.91 bits per heavy atom. The molecule has 1 aromatic heterocycles. The van der Waals surface area contributed by atoms with Gasteiger partial charge in [0.15, 0.2) is 5.82 Å². The number of hydrogen-bond acceptors (Lipinski definition) is 5. The highest BCUT2D eigenvalue weighted by Crippen LogP contribution is 2.31. The molecule has 0 fully saturated rings. The molecule has 0 aliphatic heterocycles. The zero-order valence-corrected chi connectivity index (χ0v) is 12.4. The molecule has 5 heteroatoms. The molecule has 3 rings (SSSR count). The van der Waals surface area contributed by atoms with Gasteiger partial charge >= 0.3 is 0 Å². The number of anilines is 1. The van der Waals surface area contributed by atoms with Crippen molar-refractivity contribution in [3.05, 3.63) is 48.0 Å². The maximum absolute atomic E-state index is 10.0. The van der Waals surface area contributed by atoms with Gasteiger partial charge in [0.25, 0.3) is 0 Å². The van der Waals surface area contributed by atoms with Gasteiger partial charge in [0.1, 0.15) is 11.6 Å². The first kappa shape index (κ1) is 14.3. The van der Waals surface area contributed by atoms with Crippen LogP contribution in [-0.4, -0.2) is 28.2 Å². The van der Waals surface area contributed by atoms with E-state index in [-0.39, 0.29) is 5.75 Å². The maximum atomic E-state index is 10.0. The minimum atomic E-state index is 0.166. The van der Waals surface area contributed by atoms with Gasteiger partial charge in [-0.2, -0.15) is 0 Å². The van der Waals surface area contributed by atoms with E-state index in [1.807, 2.05) is 31.2 Å². The SMILES string of the molecule is Cc1cccc2nc(-c3ccccc3O)nc(NCCN)c12. The van der Waals surface area contributed by atoms with Crippen LogP contribution in [0, 0.1) is 6.92 Å². The minimum Gasteiger partial charge on any atom is -0.507 e. The molecule has 112 valence electrons. The second kappa shape index (κ2) is 5.99. The summed E-state index contributed by atoms with van der Waals surface area (Å²) < 4.78 is 0. The van der Waals surface area contributed by atoms with Crippen LogP contribution in [0.5, 0.6) is 5.75 Å². The van der Waals surface area contributed by atoms with E-state index in [2.05, 4.69) is 15.3 Å². The number of fused-ring (bicyclic) bond motifs is 1. The molecular formula is C17H18N4O. The van der Waals surface area contributed by atoms with E-state index in [1.165, 1.54) is 0 Å². The molecule has 4 N–H and O–H groups in total. The average molecular weight is 294 g/mol. The zero-order chi connectivity index (χ0) is 15.5. The highest BCUT2D eigenvalue weighted by Gasteiger charge is 2.13. The fourth-order valence-electron chi connectivity index (χ4n) is 2.46. The van der Waals surface area contributed by atoms with Crippen molar-refractivity contribution in [1.29, 1.82) is 0 Å². The number of aromatic hydroxyl groups is 1. The number of hydrogen-bond donors (Lipinski definition) is 3. The number of aromatic nitrogens is 2. The first-order chi connectivity index (χ1) is 10.7. The van der Waals surface area contributed by atoms with Gasteiger partial charge in [0.2, 0.25) is 0 Å². The number of para-hydroxylation sites is 1. The quantitative estimate of drug-likeness (QED) is 0.689. The number of rotatable bonds is 4. The minimum absolute atomic E-state index is 0.166. The normalized spacial score (nSPS) is 10.8. The number of nitrogens with zero attached hydrogens (tertiary/aromatic N) is 2. The van der Waals surface area contributed by atoms with Gasteiger partial charge in [0.05, 0.1) is 11.1 Å². The summed E-state index contributed by atoms with van der Waals surface area (Å²) in [5, 5.41) is 14.3. The van der Waals surface area contributed by atoms with Crippen LogP contribution in [0.1, 0.15) is 5.56 Å². The topological polar surface area (TPSA) is 84.1 Å². The number of benzene rings is 2. The van der Waals surface area contributed by atoms with Gasteiger partial charge in [0, 0.05) is 18.5 Å². The van der Waals surface area contributed by atoms with Crippen LogP contribution in [0.25, 0.3) is 22.3 Å². The van der Waals surface area contributed by atoms with Crippen molar-refractivity contribution in [2.45, 2.75) is 6.92 Å². The summed E-state index contributed by atoms with van der Waals surface area (Å²) in [7, 11) is 0. The Hall–Kier alpha value is -2.66. The molecule has 1 heterocycles. The van der Waals surface area contributed by atoms with Crippen molar-refractivity contribution in [2.75, 3.05) is 18.4 Å². The summed E-state index contributed by atoms with van der Waals surface area (Å²) in [4.78, 5) is 9.19. The molecule has 5 nitrogen and oxygen atoms in total. The van der Waals surface area contributed by atoms with E-state index >= 15 is 0 Å². The van der Waals surface area contributed by atoms with Crippen molar-refractivity contribution in [2.24, 2.45) is 5.73 Å². The third-order valence-electron chi connectivity index (χ3n) is 3.51. The van der Waals surface area contributed by atoms with Crippen LogP contribution < -0.4 is 11.1 Å². The predicted octanol–water partition coefficient (Wildman–Crippen LogP) is 2.68. The molecule has 0 aliphatic rings. The van der Waals surface area contributed by atoms with E-state index in [0.29, 0.717) is 24.5 Å². The van der Waals surface area contributed by atoms with Crippen LogP contribution in [-0.2, 0) is 0 Å². The molecule has 0 spiro atoms. The molecule has 0 atom stereocenters. The lowest BCUT2D eigenvalue weighted by Gasteiger charge is -2.12. The Kier molecular flexibility index (Phi) is 3.89. The van der Waals surface area contributed by atoms with Crippen molar-refractivity contribution < 1.29 is 5.11 Å². The number of aryl methyl sites for hydroxylation is 1. The molecule has 0 saturated carbocycles. The lowest BCUT2D eigenvalue weighted by Crippen LogP contribution is -2.14. The number of nitrogens with one attached hydrogen (secondary N) is 1. The third kappa shape index (κ3) is 2.58. The van der Waals surface area contributed by atoms with E-state index in [9.17, 15) is 5.11 Å².